The van der Waals surface area contributed by atoms with Gasteiger partial charge in [0.2, 0.25) is 5.91 Å². The van der Waals surface area contributed by atoms with Crippen molar-refractivity contribution < 1.29 is 4.79 Å². The molecule has 1 N–H and O–H groups in total. The molecule has 0 rings (SSSR count). The smallest absolute Gasteiger partial charge is 0.250 e. The highest BCUT2D eigenvalue weighted by molar-refractivity contribution is 5.88. The van der Waals surface area contributed by atoms with Gasteiger partial charge in [-0.1, -0.05) is 20.8 Å². The quantitative estimate of drug-likeness (QED) is 0.696. The van der Waals surface area contributed by atoms with Gasteiger partial charge in [0.15, 0.2) is 0 Å². The van der Waals surface area contributed by atoms with E-state index in [0.29, 0.717) is 0 Å². The molecule has 0 radical (unpaired) electrons. The lowest BCUT2D eigenvalue weighted by atomic mass is 9.97. The second-order valence-electron chi connectivity index (χ2n) is 6.13. The second kappa shape index (κ2) is 8.88. The minimum atomic E-state index is 0.0818. The van der Waals surface area contributed by atoms with Gasteiger partial charge in [0.1, 0.15) is 5.82 Å². The Morgan fingerprint density at radius 1 is 0.950 bits per heavy atom. The summed E-state index contributed by atoms with van der Waals surface area (Å²) in [5.41, 5.74) is 0.185. The molecular formula is C16H33N3O. The van der Waals surface area contributed by atoms with Gasteiger partial charge in [-0.15, -0.1) is 0 Å². The van der Waals surface area contributed by atoms with Crippen LogP contribution in [0, 0.1) is 5.41 Å². The fourth-order valence-electron chi connectivity index (χ4n) is 1.92. The van der Waals surface area contributed by atoms with Crippen LogP contribution in [0.3, 0.4) is 0 Å². The molecule has 1 amide bonds. The van der Waals surface area contributed by atoms with E-state index in [1.54, 1.807) is 6.08 Å². The van der Waals surface area contributed by atoms with Crippen molar-refractivity contribution in [2.45, 2.75) is 48.5 Å². The lowest BCUT2D eigenvalue weighted by molar-refractivity contribution is -0.125. The van der Waals surface area contributed by atoms with Gasteiger partial charge < -0.3 is 15.1 Å². The number of carbonyl (C=O) groups is 1. The van der Waals surface area contributed by atoms with Gasteiger partial charge in [0, 0.05) is 38.8 Å². The van der Waals surface area contributed by atoms with Crippen LogP contribution in [0.2, 0.25) is 0 Å². The maximum atomic E-state index is 12.3. The van der Waals surface area contributed by atoms with E-state index in [-0.39, 0.29) is 11.3 Å². The highest BCUT2D eigenvalue weighted by atomic mass is 16.2. The zero-order chi connectivity index (χ0) is 15.8. The summed E-state index contributed by atoms with van der Waals surface area (Å²) in [5, 5.41) is 3.44. The van der Waals surface area contributed by atoms with Crippen molar-refractivity contribution >= 4 is 5.91 Å². The first-order valence-electron chi connectivity index (χ1n) is 7.78. The number of nitrogens with zero attached hydrogens (tertiary/aromatic N) is 2. The van der Waals surface area contributed by atoms with E-state index in [2.05, 4.69) is 44.8 Å². The SMILES string of the molecule is CCN(CC)C(=O)/C=C(\NCC(C)(C)C)N(CC)CC. The molecule has 0 aliphatic rings. The zero-order valence-corrected chi connectivity index (χ0v) is 14.4. The minimum Gasteiger partial charge on any atom is -0.371 e. The maximum absolute atomic E-state index is 12.3. The molecule has 20 heavy (non-hydrogen) atoms. The number of likely N-dealkylation sites (N-methyl/N-ethyl adjacent to an activating group) is 1. The Labute approximate surface area is 125 Å². The molecule has 0 fully saturated rings. The summed E-state index contributed by atoms with van der Waals surface area (Å²) < 4.78 is 0. The average molecular weight is 283 g/mol. The maximum Gasteiger partial charge on any atom is 0.250 e. The molecule has 0 atom stereocenters. The van der Waals surface area contributed by atoms with Gasteiger partial charge in [0.25, 0.3) is 0 Å². The summed E-state index contributed by atoms with van der Waals surface area (Å²) in [7, 11) is 0. The Kier molecular flexibility index (Phi) is 8.35. The number of carbonyl (C=O) groups excluding carboxylic acids is 1. The van der Waals surface area contributed by atoms with Crippen molar-refractivity contribution in [1.29, 1.82) is 0 Å². The van der Waals surface area contributed by atoms with E-state index in [1.807, 2.05) is 18.7 Å². The molecule has 118 valence electrons. The minimum absolute atomic E-state index is 0.0818. The van der Waals surface area contributed by atoms with E-state index < -0.39 is 0 Å². The Bertz CT molecular complexity index is 310. The molecule has 0 aliphatic heterocycles. The predicted molar refractivity (Wildman–Crippen MR) is 86.4 cm³/mol. The summed E-state index contributed by atoms with van der Waals surface area (Å²) >= 11 is 0. The fourth-order valence-corrected chi connectivity index (χ4v) is 1.92. The summed E-state index contributed by atoms with van der Waals surface area (Å²) in [6.45, 7) is 18.9. The molecule has 4 heteroatoms. The highest BCUT2D eigenvalue weighted by Gasteiger charge is 2.15. The van der Waals surface area contributed by atoms with Crippen LogP contribution in [0.25, 0.3) is 0 Å². The highest BCUT2D eigenvalue weighted by Crippen LogP contribution is 2.12. The molecule has 4 nitrogen and oxygen atoms in total. The molecule has 0 spiro atoms. The summed E-state index contributed by atoms with van der Waals surface area (Å²) in [5.74, 6) is 1.01. The molecule has 0 heterocycles. The van der Waals surface area contributed by atoms with Crippen LogP contribution in [0.1, 0.15) is 48.5 Å². The second-order valence-corrected chi connectivity index (χ2v) is 6.13. The van der Waals surface area contributed by atoms with Crippen LogP contribution in [-0.2, 0) is 4.79 Å². The first-order chi connectivity index (χ1) is 9.28. The van der Waals surface area contributed by atoms with Crippen LogP contribution in [-0.4, -0.2) is 48.4 Å². The standard InChI is InChI=1S/C16H33N3O/c1-8-18(9-2)14(17-13-16(5,6)7)12-15(20)19(10-3)11-4/h12,17H,8-11,13H2,1-7H3/b14-12+. The summed E-state index contributed by atoms with van der Waals surface area (Å²) in [6.07, 6.45) is 1.74. The Morgan fingerprint density at radius 3 is 1.75 bits per heavy atom. The van der Waals surface area contributed by atoms with Crippen molar-refractivity contribution in [3.8, 4) is 0 Å². The fraction of sp³-hybridized carbons (Fsp3) is 0.812. The number of hydrogen-bond donors (Lipinski definition) is 1. The average Bonchev–Trinajstić information content (AvgIpc) is 2.37. The van der Waals surface area contributed by atoms with Crippen LogP contribution in [0.5, 0.6) is 0 Å². The third-order valence-electron chi connectivity index (χ3n) is 3.24. The molecular weight excluding hydrogens is 250 g/mol. The Balaban J connectivity index is 5.04. The van der Waals surface area contributed by atoms with Crippen molar-refractivity contribution in [1.82, 2.24) is 15.1 Å². The van der Waals surface area contributed by atoms with E-state index >= 15 is 0 Å². The van der Waals surface area contributed by atoms with Crippen molar-refractivity contribution in [3.63, 3.8) is 0 Å². The normalized spacial score (nSPS) is 12.2. The van der Waals surface area contributed by atoms with E-state index in [4.69, 9.17) is 0 Å². The van der Waals surface area contributed by atoms with E-state index in [9.17, 15) is 4.79 Å². The number of hydrogen-bond acceptors (Lipinski definition) is 3. The van der Waals surface area contributed by atoms with E-state index in [0.717, 1.165) is 38.5 Å². The third-order valence-corrected chi connectivity index (χ3v) is 3.24. The van der Waals surface area contributed by atoms with Crippen molar-refractivity contribution in [2.75, 3.05) is 32.7 Å². The number of amides is 1. The van der Waals surface area contributed by atoms with Crippen LogP contribution in [0.4, 0.5) is 0 Å². The molecule has 0 unspecified atom stereocenters. The van der Waals surface area contributed by atoms with Crippen molar-refractivity contribution in [2.24, 2.45) is 5.41 Å². The van der Waals surface area contributed by atoms with Gasteiger partial charge in [-0.2, -0.15) is 0 Å². The lowest BCUT2D eigenvalue weighted by Crippen LogP contribution is -2.38. The Hall–Kier alpha value is -1.19. The largest absolute Gasteiger partial charge is 0.371 e. The van der Waals surface area contributed by atoms with Gasteiger partial charge in [-0.25, -0.2) is 0 Å². The van der Waals surface area contributed by atoms with Crippen LogP contribution >= 0.6 is 0 Å². The monoisotopic (exact) mass is 283 g/mol. The molecule has 0 aromatic rings. The number of nitrogens with one attached hydrogen (secondary N) is 1. The molecule has 0 saturated carbocycles. The van der Waals surface area contributed by atoms with Crippen LogP contribution < -0.4 is 5.32 Å². The first kappa shape index (κ1) is 18.8. The summed E-state index contributed by atoms with van der Waals surface area (Å²) in [6, 6.07) is 0. The van der Waals surface area contributed by atoms with Gasteiger partial charge in [-0.3, -0.25) is 4.79 Å². The van der Waals surface area contributed by atoms with E-state index in [1.165, 1.54) is 0 Å². The lowest BCUT2D eigenvalue weighted by Gasteiger charge is -2.29. The summed E-state index contributed by atoms with van der Waals surface area (Å²) in [4.78, 5) is 16.3. The molecule has 0 saturated heterocycles. The third kappa shape index (κ3) is 6.83. The molecule has 0 aromatic carbocycles. The van der Waals surface area contributed by atoms with Gasteiger partial charge in [0.05, 0.1) is 0 Å². The number of rotatable bonds is 8. The van der Waals surface area contributed by atoms with Gasteiger partial charge >= 0.3 is 0 Å². The first-order valence-corrected chi connectivity index (χ1v) is 7.78. The molecule has 0 aliphatic carbocycles. The molecule has 0 aromatic heterocycles. The van der Waals surface area contributed by atoms with Gasteiger partial charge in [-0.05, 0) is 33.1 Å². The van der Waals surface area contributed by atoms with Crippen LogP contribution in [0.15, 0.2) is 11.9 Å². The Morgan fingerprint density at radius 2 is 1.40 bits per heavy atom. The zero-order valence-electron chi connectivity index (χ0n) is 14.4. The molecule has 0 bridgehead atoms. The predicted octanol–water partition coefficient (Wildman–Crippen LogP) is 2.67. The van der Waals surface area contributed by atoms with Crippen molar-refractivity contribution in [3.05, 3.63) is 11.9 Å². The topological polar surface area (TPSA) is 35.6 Å².